The molecule has 0 aliphatic carbocycles. The number of carbonyl (C=O) groups excluding carboxylic acids is 2. The number of fused-ring (bicyclic) bond motifs is 2. The van der Waals surface area contributed by atoms with Gasteiger partial charge < -0.3 is 0 Å². The van der Waals surface area contributed by atoms with Gasteiger partial charge in [-0.3, -0.25) is 9.59 Å². The Kier molecular flexibility index (Phi) is 5.01. The minimum absolute atomic E-state index is 0.146. The predicted molar refractivity (Wildman–Crippen MR) is 169 cm³/mol. The molecule has 200 valence electrons. The first-order valence-corrected chi connectivity index (χ1v) is 14.0. The monoisotopic (exact) mass is 534 g/mol. The second-order valence-electron chi connectivity index (χ2n) is 13.2. The standard InChI is InChI=1S/C37H30N2O2/c1-36(2,3)20-11-17-28(37(4,5)6)30(19-20)39-34(40)26-14-12-23-21-9-8-10-25-29(38-7)18-16-22(31(21)25)24-13-15-27(35(39)41)33(26)32(23)24/h8-19H,1-6H3. The topological polar surface area (TPSA) is 41.7 Å². The van der Waals surface area contributed by atoms with E-state index in [2.05, 4.69) is 64.6 Å². The number of hydrogen-bond donors (Lipinski definition) is 0. The summed E-state index contributed by atoms with van der Waals surface area (Å²) in [7, 11) is 0. The van der Waals surface area contributed by atoms with Crippen molar-refractivity contribution in [2.75, 3.05) is 4.90 Å². The molecule has 0 aromatic heterocycles. The Morgan fingerprint density at radius 2 is 1.17 bits per heavy atom. The minimum Gasteiger partial charge on any atom is -0.268 e. The maximum atomic E-state index is 14.4. The van der Waals surface area contributed by atoms with Crippen LogP contribution in [0.4, 0.5) is 11.4 Å². The van der Waals surface area contributed by atoms with E-state index < -0.39 is 0 Å². The van der Waals surface area contributed by atoms with Crippen molar-refractivity contribution < 1.29 is 9.59 Å². The van der Waals surface area contributed by atoms with Crippen LogP contribution < -0.4 is 4.90 Å². The van der Waals surface area contributed by atoms with Gasteiger partial charge in [0.25, 0.3) is 11.8 Å². The number of nitrogens with zero attached hydrogens (tertiary/aromatic N) is 2. The summed E-state index contributed by atoms with van der Waals surface area (Å²) in [5.74, 6) is -0.592. The average molecular weight is 535 g/mol. The van der Waals surface area contributed by atoms with E-state index in [1.165, 1.54) is 4.90 Å². The van der Waals surface area contributed by atoms with Gasteiger partial charge in [-0.1, -0.05) is 96.1 Å². The van der Waals surface area contributed by atoms with Crippen LogP contribution in [-0.4, -0.2) is 11.8 Å². The summed E-state index contributed by atoms with van der Waals surface area (Å²) >= 11 is 0. The molecule has 0 N–H and O–H groups in total. The lowest BCUT2D eigenvalue weighted by Crippen LogP contribution is -2.42. The summed E-state index contributed by atoms with van der Waals surface area (Å²) < 4.78 is 0. The van der Waals surface area contributed by atoms with E-state index in [0.717, 1.165) is 48.8 Å². The summed E-state index contributed by atoms with van der Waals surface area (Å²) in [4.78, 5) is 33.9. The van der Waals surface area contributed by atoms with Crippen molar-refractivity contribution in [1.82, 2.24) is 0 Å². The molecule has 4 nitrogen and oxygen atoms in total. The molecular formula is C37H30N2O2. The molecular weight excluding hydrogens is 504 g/mol. The number of anilines is 1. The molecule has 0 unspecified atom stereocenters. The predicted octanol–water partition coefficient (Wildman–Crippen LogP) is 9.68. The molecule has 0 saturated carbocycles. The zero-order chi connectivity index (χ0) is 29.0. The normalized spacial score (nSPS) is 14.1. The van der Waals surface area contributed by atoms with Crippen LogP contribution in [-0.2, 0) is 10.8 Å². The highest BCUT2D eigenvalue weighted by molar-refractivity contribution is 6.42. The van der Waals surface area contributed by atoms with Crippen LogP contribution in [0.15, 0.2) is 72.8 Å². The molecule has 0 bridgehead atoms. The van der Waals surface area contributed by atoms with Crippen LogP contribution in [0.1, 0.15) is 73.4 Å². The molecule has 1 aliphatic heterocycles. The molecule has 4 heteroatoms. The Hall–Kier alpha value is -4.75. The molecule has 7 rings (SSSR count). The third-order valence-corrected chi connectivity index (χ3v) is 8.66. The van der Waals surface area contributed by atoms with Crippen molar-refractivity contribution >= 4 is 66.3 Å². The molecule has 6 aromatic carbocycles. The molecule has 0 spiro atoms. The van der Waals surface area contributed by atoms with E-state index in [1.54, 1.807) is 0 Å². The zero-order valence-electron chi connectivity index (χ0n) is 24.1. The lowest BCUT2D eigenvalue weighted by molar-refractivity contribution is 0.0893. The Morgan fingerprint density at radius 1 is 0.610 bits per heavy atom. The van der Waals surface area contributed by atoms with E-state index in [1.807, 2.05) is 54.6 Å². The molecule has 1 aliphatic rings. The van der Waals surface area contributed by atoms with Gasteiger partial charge in [0.2, 0.25) is 0 Å². The number of benzene rings is 6. The van der Waals surface area contributed by atoms with Gasteiger partial charge in [0.05, 0.1) is 12.3 Å². The maximum absolute atomic E-state index is 14.4. The Morgan fingerprint density at radius 3 is 1.76 bits per heavy atom. The first-order chi connectivity index (χ1) is 19.4. The Labute approximate surface area is 239 Å². The van der Waals surface area contributed by atoms with Gasteiger partial charge in [0.1, 0.15) is 0 Å². The van der Waals surface area contributed by atoms with E-state index in [4.69, 9.17) is 6.57 Å². The van der Waals surface area contributed by atoms with Crippen LogP contribution in [0.25, 0.3) is 47.9 Å². The van der Waals surface area contributed by atoms with Crippen molar-refractivity contribution in [2.45, 2.75) is 52.4 Å². The maximum Gasteiger partial charge on any atom is 0.265 e. The first-order valence-electron chi connectivity index (χ1n) is 14.0. The highest BCUT2D eigenvalue weighted by Gasteiger charge is 2.38. The fourth-order valence-corrected chi connectivity index (χ4v) is 6.61. The number of rotatable bonds is 1. The quantitative estimate of drug-likeness (QED) is 0.0912. The minimum atomic E-state index is -0.296. The Bertz CT molecular complexity index is 2100. The lowest BCUT2D eigenvalue weighted by Gasteiger charge is -2.34. The molecule has 6 aromatic rings. The number of imide groups is 1. The molecule has 1 heterocycles. The van der Waals surface area contributed by atoms with Gasteiger partial charge in [-0.05, 0) is 77.9 Å². The largest absolute Gasteiger partial charge is 0.268 e. The average Bonchev–Trinajstić information content (AvgIpc) is 2.93. The van der Waals surface area contributed by atoms with Crippen molar-refractivity contribution in [3.63, 3.8) is 0 Å². The van der Waals surface area contributed by atoms with E-state index in [0.29, 0.717) is 27.9 Å². The lowest BCUT2D eigenvalue weighted by atomic mass is 9.80. The smallest absolute Gasteiger partial charge is 0.265 e. The number of carbonyl (C=O) groups is 2. The third kappa shape index (κ3) is 3.39. The van der Waals surface area contributed by atoms with E-state index >= 15 is 0 Å². The van der Waals surface area contributed by atoms with Gasteiger partial charge in [-0.25, -0.2) is 9.74 Å². The number of hydrogen-bond acceptors (Lipinski definition) is 2. The SMILES string of the molecule is [C-]#[N+]c1ccc2c3ccc4c5c(ccc(c6cccc1c62)c53)C(=O)N(c1cc(C(C)(C)C)ccc1C(C)(C)C)C4=O. The van der Waals surface area contributed by atoms with Gasteiger partial charge in [-0.2, -0.15) is 0 Å². The summed E-state index contributed by atoms with van der Waals surface area (Å²) in [5.41, 5.74) is 3.95. The second kappa shape index (κ2) is 8.15. The van der Waals surface area contributed by atoms with Crippen molar-refractivity contribution in [1.29, 1.82) is 0 Å². The zero-order valence-corrected chi connectivity index (χ0v) is 24.1. The van der Waals surface area contributed by atoms with Crippen LogP contribution in [0.2, 0.25) is 0 Å². The van der Waals surface area contributed by atoms with Gasteiger partial charge in [0, 0.05) is 16.5 Å². The molecule has 0 saturated heterocycles. The van der Waals surface area contributed by atoms with Crippen LogP contribution >= 0.6 is 0 Å². The van der Waals surface area contributed by atoms with Gasteiger partial charge in [0.15, 0.2) is 5.69 Å². The highest BCUT2D eigenvalue weighted by atomic mass is 16.2. The molecule has 2 amide bonds. The Balaban J connectivity index is 1.55. The van der Waals surface area contributed by atoms with Gasteiger partial charge in [-0.15, -0.1) is 0 Å². The molecule has 0 radical (unpaired) electrons. The fraction of sp³-hybridized carbons (Fsp3) is 0.216. The van der Waals surface area contributed by atoms with Crippen molar-refractivity contribution in [2.24, 2.45) is 0 Å². The summed E-state index contributed by atoms with van der Waals surface area (Å²) in [6, 6.07) is 23.9. The first kappa shape index (κ1) is 25.2. The molecule has 41 heavy (non-hydrogen) atoms. The van der Waals surface area contributed by atoms with Crippen LogP contribution in [0.5, 0.6) is 0 Å². The summed E-state index contributed by atoms with van der Waals surface area (Å²) in [5, 5.41) is 7.62. The van der Waals surface area contributed by atoms with Crippen LogP contribution in [0, 0.1) is 6.57 Å². The van der Waals surface area contributed by atoms with Crippen molar-refractivity contribution in [3.05, 3.63) is 106 Å². The van der Waals surface area contributed by atoms with Crippen molar-refractivity contribution in [3.8, 4) is 0 Å². The number of amides is 2. The van der Waals surface area contributed by atoms with Gasteiger partial charge >= 0.3 is 0 Å². The second-order valence-corrected chi connectivity index (χ2v) is 13.2. The molecule has 0 fully saturated rings. The summed E-state index contributed by atoms with van der Waals surface area (Å²) in [6.45, 7) is 20.4. The third-order valence-electron chi connectivity index (χ3n) is 8.66. The van der Waals surface area contributed by atoms with E-state index in [9.17, 15) is 9.59 Å². The van der Waals surface area contributed by atoms with Crippen LogP contribution in [0.3, 0.4) is 0 Å². The van der Waals surface area contributed by atoms with E-state index in [-0.39, 0.29) is 22.6 Å². The summed E-state index contributed by atoms with van der Waals surface area (Å²) in [6.07, 6.45) is 0. The highest BCUT2D eigenvalue weighted by Crippen LogP contribution is 2.47. The fourth-order valence-electron chi connectivity index (χ4n) is 6.61. The molecule has 0 atom stereocenters.